The highest BCUT2D eigenvalue weighted by Gasteiger charge is 2.46. The highest BCUT2D eigenvalue weighted by Crippen LogP contribution is 2.23. The average Bonchev–Trinajstić information content (AvgIpc) is 2.24. The Hall–Kier alpha value is -0.850. The summed E-state index contributed by atoms with van der Waals surface area (Å²) in [6.07, 6.45) is -0.674. The Balaban J connectivity index is 1.92. The van der Waals surface area contributed by atoms with Gasteiger partial charge < -0.3 is 24.8 Å². The maximum Gasteiger partial charge on any atom is 0.410 e. The number of nitrogens with one attached hydrogen (secondary N) is 1. The minimum atomic E-state index is -0.847. The van der Waals surface area contributed by atoms with Crippen LogP contribution in [0.3, 0.4) is 0 Å². The number of ether oxygens (including phenoxy) is 2. The quantitative estimate of drug-likeness (QED) is 0.690. The van der Waals surface area contributed by atoms with E-state index >= 15 is 0 Å². The summed E-state index contributed by atoms with van der Waals surface area (Å²) in [5.74, 6) is 0. The molecule has 2 heterocycles. The zero-order chi connectivity index (χ0) is 13.4. The van der Waals surface area contributed by atoms with Gasteiger partial charge >= 0.3 is 6.09 Å². The molecule has 18 heavy (non-hydrogen) atoms. The lowest BCUT2D eigenvalue weighted by molar-refractivity contribution is -0.160. The maximum absolute atomic E-state index is 11.9. The first-order chi connectivity index (χ1) is 8.30. The molecule has 2 aliphatic heterocycles. The Bertz CT molecular complexity index is 323. The Morgan fingerprint density at radius 2 is 2.17 bits per heavy atom. The van der Waals surface area contributed by atoms with Crippen molar-refractivity contribution in [2.24, 2.45) is 0 Å². The number of amides is 1. The molecule has 0 aliphatic carbocycles. The van der Waals surface area contributed by atoms with E-state index < -0.39 is 11.2 Å². The molecule has 0 aromatic carbocycles. The first kappa shape index (κ1) is 13.6. The van der Waals surface area contributed by atoms with Crippen molar-refractivity contribution in [2.75, 3.05) is 32.8 Å². The second-order valence-electron chi connectivity index (χ2n) is 5.99. The molecule has 1 atom stereocenters. The number of morpholine rings is 1. The van der Waals surface area contributed by atoms with Gasteiger partial charge in [-0.2, -0.15) is 0 Å². The van der Waals surface area contributed by atoms with Crippen molar-refractivity contribution in [2.45, 2.75) is 38.1 Å². The Kier molecular flexibility index (Phi) is 3.53. The molecule has 2 saturated heterocycles. The van der Waals surface area contributed by atoms with Crippen molar-refractivity contribution >= 4 is 6.09 Å². The van der Waals surface area contributed by atoms with Crippen LogP contribution in [0, 0.1) is 0 Å². The Morgan fingerprint density at radius 1 is 1.50 bits per heavy atom. The van der Waals surface area contributed by atoms with E-state index in [2.05, 4.69) is 5.32 Å². The summed E-state index contributed by atoms with van der Waals surface area (Å²) in [7, 11) is 0. The third-order valence-corrected chi connectivity index (χ3v) is 3.18. The molecule has 0 bridgehead atoms. The fourth-order valence-electron chi connectivity index (χ4n) is 2.08. The van der Waals surface area contributed by atoms with Gasteiger partial charge in [0.15, 0.2) is 0 Å². The van der Waals surface area contributed by atoms with Gasteiger partial charge in [-0.05, 0) is 20.8 Å². The molecule has 0 spiro atoms. The van der Waals surface area contributed by atoms with Crippen LogP contribution in [0.5, 0.6) is 0 Å². The standard InChI is InChI=1S/C12H22N2O4/c1-11(2,3)18-10(15)14-4-5-17-9(6-14)12(16)7-13-8-12/h9,13,16H,4-8H2,1-3H3. The van der Waals surface area contributed by atoms with Crippen molar-refractivity contribution in [3.05, 3.63) is 0 Å². The van der Waals surface area contributed by atoms with E-state index in [0.717, 1.165) is 0 Å². The molecule has 0 radical (unpaired) electrons. The molecule has 0 saturated carbocycles. The summed E-state index contributed by atoms with van der Waals surface area (Å²) in [4.78, 5) is 13.6. The zero-order valence-corrected chi connectivity index (χ0v) is 11.2. The number of rotatable bonds is 1. The number of β-amino-alcohol motifs (C(OH)–C–C–N with tert-alkyl or cyclic N) is 1. The van der Waals surface area contributed by atoms with Crippen LogP contribution in [-0.4, -0.2) is 66.2 Å². The van der Waals surface area contributed by atoms with Gasteiger partial charge in [0.2, 0.25) is 0 Å². The van der Waals surface area contributed by atoms with Crippen molar-refractivity contribution < 1.29 is 19.4 Å². The fourth-order valence-corrected chi connectivity index (χ4v) is 2.08. The SMILES string of the molecule is CC(C)(C)OC(=O)N1CCOC(C2(O)CNC2)C1. The topological polar surface area (TPSA) is 71.0 Å². The molecule has 2 aliphatic rings. The number of carbonyl (C=O) groups excluding carboxylic acids is 1. The predicted octanol–water partition coefficient (Wildman–Crippen LogP) is -0.0434. The molecule has 1 amide bonds. The number of nitrogens with zero attached hydrogens (tertiary/aromatic N) is 1. The minimum absolute atomic E-state index is 0.333. The van der Waals surface area contributed by atoms with Gasteiger partial charge in [-0.25, -0.2) is 4.79 Å². The first-order valence-corrected chi connectivity index (χ1v) is 6.33. The van der Waals surface area contributed by atoms with Crippen LogP contribution in [0.15, 0.2) is 0 Å². The molecule has 6 heteroatoms. The van der Waals surface area contributed by atoms with Gasteiger partial charge in [-0.3, -0.25) is 0 Å². The smallest absolute Gasteiger partial charge is 0.410 e. The third-order valence-electron chi connectivity index (χ3n) is 3.18. The molecule has 6 nitrogen and oxygen atoms in total. The van der Waals surface area contributed by atoms with Crippen LogP contribution in [0.4, 0.5) is 4.79 Å². The van der Waals surface area contributed by atoms with Crippen molar-refractivity contribution in [1.29, 1.82) is 0 Å². The van der Waals surface area contributed by atoms with Gasteiger partial charge in [-0.15, -0.1) is 0 Å². The van der Waals surface area contributed by atoms with E-state index in [1.165, 1.54) is 0 Å². The Labute approximate surface area is 107 Å². The number of hydrogen-bond donors (Lipinski definition) is 2. The Morgan fingerprint density at radius 3 is 2.67 bits per heavy atom. The molecule has 0 aromatic rings. The van der Waals surface area contributed by atoms with Crippen LogP contribution in [0.2, 0.25) is 0 Å². The lowest BCUT2D eigenvalue weighted by Gasteiger charge is -2.47. The van der Waals surface area contributed by atoms with Gasteiger partial charge in [-0.1, -0.05) is 0 Å². The fraction of sp³-hybridized carbons (Fsp3) is 0.917. The monoisotopic (exact) mass is 258 g/mol. The minimum Gasteiger partial charge on any atom is -0.444 e. The molecule has 2 fully saturated rings. The second kappa shape index (κ2) is 4.68. The van der Waals surface area contributed by atoms with Crippen molar-refractivity contribution in [1.82, 2.24) is 10.2 Å². The van der Waals surface area contributed by atoms with Crippen LogP contribution >= 0.6 is 0 Å². The van der Waals surface area contributed by atoms with Crippen LogP contribution in [-0.2, 0) is 9.47 Å². The number of carbonyl (C=O) groups is 1. The second-order valence-corrected chi connectivity index (χ2v) is 5.99. The highest BCUT2D eigenvalue weighted by atomic mass is 16.6. The zero-order valence-electron chi connectivity index (χ0n) is 11.2. The maximum atomic E-state index is 11.9. The summed E-state index contributed by atoms with van der Waals surface area (Å²) in [5, 5.41) is 13.2. The van der Waals surface area contributed by atoms with E-state index in [4.69, 9.17) is 9.47 Å². The van der Waals surface area contributed by atoms with Crippen LogP contribution < -0.4 is 5.32 Å². The highest BCUT2D eigenvalue weighted by molar-refractivity contribution is 5.68. The van der Waals surface area contributed by atoms with Gasteiger partial charge in [0.05, 0.1) is 13.2 Å². The van der Waals surface area contributed by atoms with E-state index in [0.29, 0.717) is 32.8 Å². The number of hydrogen-bond acceptors (Lipinski definition) is 5. The van der Waals surface area contributed by atoms with Crippen molar-refractivity contribution in [3.8, 4) is 0 Å². The van der Waals surface area contributed by atoms with Crippen molar-refractivity contribution in [3.63, 3.8) is 0 Å². The normalized spacial score (nSPS) is 27.6. The molecule has 104 valence electrons. The summed E-state index contributed by atoms with van der Waals surface area (Å²) in [5.41, 5.74) is -1.35. The van der Waals surface area contributed by atoms with E-state index in [1.807, 2.05) is 20.8 Å². The molecule has 0 aromatic heterocycles. The summed E-state index contributed by atoms with van der Waals surface area (Å²) in [6, 6.07) is 0. The molecular formula is C12H22N2O4. The predicted molar refractivity (Wildman–Crippen MR) is 65.4 cm³/mol. The van der Waals surface area contributed by atoms with Gasteiger partial charge in [0.1, 0.15) is 17.3 Å². The molecule has 2 rings (SSSR count). The molecule has 1 unspecified atom stereocenters. The van der Waals surface area contributed by atoms with Crippen LogP contribution in [0.25, 0.3) is 0 Å². The van der Waals surface area contributed by atoms with Gasteiger partial charge in [0, 0.05) is 19.6 Å². The van der Waals surface area contributed by atoms with E-state index in [9.17, 15) is 9.90 Å². The summed E-state index contributed by atoms with van der Waals surface area (Å²) >= 11 is 0. The molecule has 2 N–H and O–H groups in total. The lowest BCUT2D eigenvalue weighted by atomic mass is 9.89. The van der Waals surface area contributed by atoms with E-state index in [1.54, 1.807) is 4.90 Å². The first-order valence-electron chi connectivity index (χ1n) is 6.33. The summed E-state index contributed by atoms with van der Waals surface area (Å²) < 4.78 is 10.9. The summed E-state index contributed by atoms with van der Waals surface area (Å²) in [6.45, 7) is 7.87. The lowest BCUT2D eigenvalue weighted by Crippen LogP contribution is -2.70. The average molecular weight is 258 g/mol. The van der Waals surface area contributed by atoms with Gasteiger partial charge in [0.25, 0.3) is 0 Å². The third kappa shape index (κ3) is 2.93. The number of aliphatic hydroxyl groups is 1. The largest absolute Gasteiger partial charge is 0.444 e. The molecular weight excluding hydrogens is 236 g/mol. The van der Waals surface area contributed by atoms with E-state index in [-0.39, 0.29) is 12.2 Å². The van der Waals surface area contributed by atoms with Crippen LogP contribution in [0.1, 0.15) is 20.8 Å².